The summed E-state index contributed by atoms with van der Waals surface area (Å²) in [5.41, 5.74) is 3.57. The van der Waals surface area contributed by atoms with Gasteiger partial charge in [-0.3, -0.25) is 14.3 Å². The second-order valence-corrected chi connectivity index (χ2v) is 8.01. The summed E-state index contributed by atoms with van der Waals surface area (Å²) in [6, 6.07) is 13.0. The molecule has 0 radical (unpaired) electrons. The van der Waals surface area contributed by atoms with E-state index in [1.807, 2.05) is 30.3 Å². The Morgan fingerprint density at radius 1 is 1.16 bits per heavy atom. The number of aromatic nitrogens is 2. The van der Waals surface area contributed by atoms with Crippen molar-refractivity contribution >= 4 is 22.9 Å². The molecule has 1 saturated heterocycles. The van der Waals surface area contributed by atoms with Crippen LogP contribution < -0.4 is 10.9 Å². The number of nitrogens with zero attached hydrogens (tertiary/aromatic N) is 3. The van der Waals surface area contributed by atoms with Gasteiger partial charge in [-0.15, -0.1) is 0 Å². The maximum Gasteiger partial charge on any atom is 0.266 e. The molecule has 1 fully saturated rings. The Morgan fingerprint density at radius 2 is 2.03 bits per heavy atom. The highest BCUT2D eigenvalue weighted by molar-refractivity contribution is 5.87. The summed E-state index contributed by atoms with van der Waals surface area (Å²) < 4.78 is 7.46. The van der Waals surface area contributed by atoms with Crippen LogP contribution in [0.2, 0.25) is 0 Å². The molecule has 32 heavy (non-hydrogen) atoms. The molecule has 5 rings (SSSR count). The van der Waals surface area contributed by atoms with Crippen molar-refractivity contribution in [1.82, 2.24) is 14.5 Å². The van der Waals surface area contributed by atoms with Crippen LogP contribution in [0.4, 0.5) is 5.69 Å². The van der Waals surface area contributed by atoms with Gasteiger partial charge in [0.2, 0.25) is 0 Å². The van der Waals surface area contributed by atoms with E-state index in [0.717, 1.165) is 29.9 Å². The Balaban J connectivity index is 1.42. The molecule has 1 aromatic carbocycles. The van der Waals surface area contributed by atoms with Crippen molar-refractivity contribution in [2.24, 2.45) is 0 Å². The lowest BCUT2D eigenvalue weighted by Gasteiger charge is -2.17. The minimum Gasteiger partial charge on any atom is -0.456 e. The zero-order valence-electron chi connectivity index (χ0n) is 17.8. The van der Waals surface area contributed by atoms with E-state index in [-0.39, 0.29) is 5.56 Å². The third-order valence-electron chi connectivity index (χ3n) is 5.94. The van der Waals surface area contributed by atoms with E-state index in [1.54, 1.807) is 35.3 Å². The Kier molecular flexibility index (Phi) is 5.56. The molecule has 0 aliphatic carbocycles. The summed E-state index contributed by atoms with van der Waals surface area (Å²) in [7, 11) is 0. The first kappa shape index (κ1) is 20.2. The van der Waals surface area contributed by atoms with Crippen molar-refractivity contribution < 1.29 is 4.42 Å². The molecule has 3 aromatic heterocycles. The largest absolute Gasteiger partial charge is 0.456 e. The number of benzene rings is 1. The topological polar surface area (TPSA) is 87.1 Å². The molecule has 0 saturated carbocycles. The summed E-state index contributed by atoms with van der Waals surface area (Å²) in [5, 5.41) is 11.8. The van der Waals surface area contributed by atoms with E-state index in [2.05, 4.69) is 15.2 Å². The van der Waals surface area contributed by atoms with Gasteiger partial charge in [0.1, 0.15) is 11.3 Å². The molecule has 1 aliphatic rings. The lowest BCUT2D eigenvalue weighted by molar-refractivity contribution is 0.352. The van der Waals surface area contributed by atoms with Crippen LogP contribution >= 0.6 is 0 Å². The van der Waals surface area contributed by atoms with Gasteiger partial charge in [0, 0.05) is 60.4 Å². The summed E-state index contributed by atoms with van der Waals surface area (Å²) in [5.74, 6) is 0.612. The second kappa shape index (κ2) is 8.80. The van der Waals surface area contributed by atoms with Crippen molar-refractivity contribution in [3.63, 3.8) is 0 Å². The summed E-state index contributed by atoms with van der Waals surface area (Å²) >= 11 is 0. The molecular weight excluding hydrogens is 402 g/mol. The first-order valence-electron chi connectivity index (χ1n) is 10.9. The Hall–Kier alpha value is -3.71. The van der Waals surface area contributed by atoms with E-state index < -0.39 is 0 Å². The van der Waals surface area contributed by atoms with Gasteiger partial charge < -0.3 is 20.0 Å². The zero-order chi connectivity index (χ0) is 21.9. The van der Waals surface area contributed by atoms with Crippen molar-refractivity contribution in [2.45, 2.75) is 12.8 Å². The van der Waals surface area contributed by atoms with Gasteiger partial charge in [-0.1, -0.05) is 0 Å². The minimum absolute atomic E-state index is 0.160. The lowest BCUT2D eigenvalue weighted by Crippen LogP contribution is -2.26. The van der Waals surface area contributed by atoms with Crippen LogP contribution in [0.5, 0.6) is 0 Å². The number of likely N-dealkylation sites (tertiary alicyclic amines) is 1. The van der Waals surface area contributed by atoms with Gasteiger partial charge in [-0.25, -0.2) is 0 Å². The van der Waals surface area contributed by atoms with Crippen LogP contribution in [-0.4, -0.2) is 46.8 Å². The van der Waals surface area contributed by atoms with E-state index in [0.29, 0.717) is 22.4 Å². The highest BCUT2D eigenvalue weighted by Gasteiger charge is 2.14. The van der Waals surface area contributed by atoms with Crippen LogP contribution in [0.25, 0.3) is 28.0 Å². The SMILES string of the molecule is N=Cc1cc(-n2ccc3oc(-c4cccnc4)cc3c2=O)ccc1NCCN1CCCC1. The molecule has 7 heteroatoms. The average molecular weight is 428 g/mol. The number of anilines is 1. The molecule has 7 nitrogen and oxygen atoms in total. The van der Waals surface area contributed by atoms with Crippen LogP contribution in [0.15, 0.2) is 70.3 Å². The van der Waals surface area contributed by atoms with Crippen molar-refractivity contribution in [3.05, 3.63) is 77.0 Å². The van der Waals surface area contributed by atoms with Gasteiger partial charge in [-0.05, 0) is 68.4 Å². The normalized spacial score (nSPS) is 14.1. The summed E-state index contributed by atoms with van der Waals surface area (Å²) in [6.07, 6.45) is 9.00. The Bertz CT molecular complexity index is 1300. The molecule has 1 aliphatic heterocycles. The third-order valence-corrected chi connectivity index (χ3v) is 5.94. The molecule has 0 unspecified atom stereocenters. The second-order valence-electron chi connectivity index (χ2n) is 8.01. The fourth-order valence-electron chi connectivity index (χ4n) is 4.23. The first-order chi connectivity index (χ1) is 15.7. The van der Waals surface area contributed by atoms with Gasteiger partial charge >= 0.3 is 0 Å². The van der Waals surface area contributed by atoms with Crippen molar-refractivity contribution in [2.75, 3.05) is 31.5 Å². The van der Waals surface area contributed by atoms with Gasteiger partial charge in [0.05, 0.1) is 5.39 Å². The number of furan rings is 1. The van der Waals surface area contributed by atoms with Gasteiger partial charge in [0.25, 0.3) is 5.56 Å². The average Bonchev–Trinajstić information content (AvgIpc) is 3.51. The number of hydrogen-bond donors (Lipinski definition) is 2. The van der Waals surface area contributed by atoms with Crippen LogP contribution in [0.3, 0.4) is 0 Å². The molecule has 2 N–H and O–H groups in total. The van der Waals surface area contributed by atoms with Crippen LogP contribution in [0.1, 0.15) is 18.4 Å². The maximum absolute atomic E-state index is 13.2. The lowest BCUT2D eigenvalue weighted by atomic mass is 10.1. The minimum atomic E-state index is -0.160. The number of rotatable bonds is 7. The monoisotopic (exact) mass is 427 g/mol. The number of hydrogen-bond acceptors (Lipinski definition) is 6. The fourth-order valence-corrected chi connectivity index (χ4v) is 4.23. The predicted octanol–water partition coefficient (Wildman–Crippen LogP) is 4.15. The molecule has 0 bridgehead atoms. The summed E-state index contributed by atoms with van der Waals surface area (Å²) in [4.78, 5) is 19.8. The smallest absolute Gasteiger partial charge is 0.266 e. The maximum atomic E-state index is 13.2. The highest BCUT2D eigenvalue weighted by atomic mass is 16.3. The predicted molar refractivity (Wildman–Crippen MR) is 127 cm³/mol. The number of nitrogens with one attached hydrogen (secondary N) is 2. The van der Waals surface area contributed by atoms with Gasteiger partial charge in [-0.2, -0.15) is 0 Å². The molecule has 4 heterocycles. The Labute approximate surface area is 185 Å². The Morgan fingerprint density at radius 3 is 2.81 bits per heavy atom. The number of pyridine rings is 2. The molecule has 162 valence electrons. The highest BCUT2D eigenvalue weighted by Crippen LogP contribution is 2.26. The van der Waals surface area contributed by atoms with Gasteiger partial charge in [0.15, 0.2) is 0 Å². The number of fused-ring (bicyclic) bond motifs is 1. The van der Waals surface area contributed by atoms with Crippen molar-refractivity contribution in [1.29, 1.82) is 5.41 Å². The first-order valence-corrected chi connectivity index (χ1v) is 10.9. The van der Waals surface area contributed by atoms with E-state index in [9.17, 15) is 4.79 Å². The molecule has 0 amide bonds. The molecule has 0 atom stereocenters. The molecule has 4 aromatic rings. The van der Waals surface area contributed by atoms with Crippen LogP contribution in [-0.2, 0) is 0 Å². The third kappa shape index (κ3) is 3.94. The summed E-state index contributed by atoms with van der Waals surface area (Å²) in [6.45, 7) is 4.16. The standard InChI is InChI=1S/C25H25N5O2/c26-16-19-14-20(5-6-22(19)28-9-13-29-10-1-2-11-29)30-12-7-23-21(25(30)31)15-24(32-23)18-4-3-8-27-17-18/h3-8,12,14-17,26,28H,1-2,9-11,13H2. The van der Waals surface area contributed by atoms with E-state index in [4.69, 9.17) is 9.83 Å². The quantitative estimate of drug-likeness (QED) is 0.433. The van der Waals surface area contributed by atoms with E-state index in [1.165, 1.54) is 32.1 Å². The van der Waals surface area contributed by atoms with E-state index >= 15 is 0 Å². The molecule has 0 spiro atoms. The van der Waals surface area contributed by atoms with Crippen LogP contribution in [0, 0.1) is 5.41 Å². The van der Waals surface area contributed by atoms with Crippen molar-refractivity contribution in [3.8, 4) is 17.0 Å². The zero-order valence-corrected chi connectivity index (χ0v) is 17.8. The fraction of sp³-hybridized carbons (Fsp3) is 0.240. The molecular formula is C25H25N5O2.